The maximum Gasteiger partial charge on any atom is 0.265 e. The fourth-order valence-corrected chi connectivity index (χ4v) is 3.26. The van der Waals surface area contributed by atoms with Crippen LogP contribution in [0.3, 0.4) is 0 Å². The largest absolute Gasteiger partial charge is 0.393 e. The van der Waals surface area contributed by atoms with Crippen molar-refractivity contribution in [2.45, 2.75) is 18.9 Å². The molecule has 0 atom stereocenters. The smallest absolute Gasteiger partial charge is 0.265 e. The van der Waals surface area contributed by atoms with Crippen molar-refractivity contribution >= 4 is 28.8 Å². The maximum atomic E-state index is 12.4. The maximum absolute atomic E-state index is 12.4. The number of benzene rings is 1. The molecule has 1 amide bonds. The van der Waals surface area contributed by atoms with Gasteiger partial charge in [-0.25, -0.2) is 4.98 Å². The van der Waals surface area contributed by atoms with E-state index in [9.17, 15) is 9.90 Å². The fourth-order valence-electron chi connectivity index (χ4n) is 2.34. The molecule has 1 fully saturated rings. The Kier molecular flexibility index (Phi) is 4.97. The van der Waals surface area contributed by atoms with Gasteiger partial charge in [0, 0.05) is 18.7 Å². The van der Waals surface area contributed by atoms with Gasteiger partial charge in [-0.2, -0.15) is 0 Å². The van der Waals surface area contributed by atoms with Gasteiger partial charge in [0.15, 0.2) is 5.01 Å². The van der Waals surface area contributed by atoms with Gasteiger partial charge in [-0.1, -0.05) is 29.7 Å². The first kappa shape index (κ1) is 16.0. The van der Waals surface area contributed by atoms with Gasteiger partial charge in [0.1, 0.15) is 4.88 Å². The van der Waals surface area contributed by atoms with E-state index >= 15 is 0 Å². The lowest BCUT2D eigenvalue weighted by Crippen LogP contribution is -2.39. The van der Waals surface area contributed by atoms with Gasteiger partial charge in [0.2, 0.25) is 0 Å². The number of halogens is 1. The zero-order valence-corrected chi connectivity index (χ0v) is 13.9. The molecule has 3 rings (SSSR count). The van der Waals surface area contributed by atoms with Crippen molar-refractivity contribution in [3.63, 3.8) is 0 Å². The number of aromatic nitrogens is 1. The number of carbonyl (C=O) groups is 1. The van der Waals surface area contributed by atoms with E-state index in [4.69, 9.17) is 11.6 Å². The first-order chi connectivity index (χ1) is 11.1. The highest BCUT2D eigenvalue weighted by Crippen LogP contribution is 2.19. The van der Waals surface area contributed by atoms with Crippen LogP contribution in [0.5, 0.6) is 0 Å². The van der Waals surface area contributed by atoms with Crippen molar-refractivity contribution in [3.05, 3.63) is 50.9 Å². The number of likely N-dealkylation sites (tertiary alicyclic amines) is 1. The molecule has 1 N–H and O–H groups in total. The molecule has 1 aromatic carbocycles. The van der Waals surface area contributed by atoms with Crippen LogP contribution >= 0.6 is 22.9 Å². The molecule has 2 heterocycles. The zero-order chi connectivity index (χ0) is 16.2. The van der Waals surface area contributed by atoms with Gasteiger partial charge >= 0.3 is 0 Å². The topological polar surface area (TPSA) is 53.4 Å². The second kappa shape index (κ2) is 7.14. The van der Waals surface area contributed by atoms with Crippen LogP contribution in [0.4, 0.5) is 0 Å². The third-order valence-corrected chi connectivity index (χ3v) is 4.88. The summed E-state index contributed by atoms with van der Waals surface area (Å²) in [5.74, 6) is 5.88. The number of nitrogens with zero attached hydrogens (tertiary/aromatic N) is 2. The van der Waals surface area contributed by atoms with Gasteiger partial charge < -0.3 is 10.0 Å². The number of aliphatic hydroxyl groups excluding tert-OH is 1. The number of carbonyl (C=O) groups excluding carboxylic acids is 1. The third kappa shape index (κ3) is 3.91. The standard InChI is InChI=1S/C17H15ClN2O2S/c18-14-4-2-1-3-12(14)5-6-16-19-11-15(23-16)17(22)20-9-7-13(21)8-10-20/h1-4,11,13,21H,7-10H2. The second-order valence-corrected chi connectivity index (χ2v) is 6.72. The van der Waals surface area contributed by atoms with Gasteiger partial charge in [-0.3, -0.25) is 4.79 Å². The molecule has 0 aliphatic carbocycles. The van der Waals surface area contributed by atoms with E-state index in [1.54, 1.807) is 17.2 Å². The van der Waals surface area contributed by atoms with Crippen LogP contribution in [0.2, 0.25) is 5.02 Å². The molecule has 1 aliphatic heterocycles. The average molecular weight is 347 g/mol. The van der Waals surface area contributed by atoms with E-state index < -0.39 is 0 Å². The van der Waals surface area contributed by atoms with E-state index in [1.165, 1.54) is 11.3 Å². The average Bonchev–Trinajstić information content (AvgIpc) is 3.03. The Hall–Kier alpha value is -1.87. The molecule has 6 heteroatoms. The lowest BCUT2D eigenvalue weighted by Gasteiger charge is -2.29. The molecule has 2 aromatic rings. The molecular weight excluding hydrogens is 332 g/mol. The Morgan fingerprint density at radius 2 is 2.04 bits per heavy atom. The van der Waals surface area contributed by atoms with Crippen LogP contribution in [-0.2, 0) is 0 Å². The molecule has 0 radical (unpaired) electrons. The van der Waals surface area contributed by atoms with Crippen LogP contribution in [0, 0.1) is 11.8 Å². The number of hydrogen-bond donors (Lipinski definition) is 1. The van der Waals surface area contributed by atoms with Gasteiger partial charge in [-0.15, -0.1) is 11.3 Å². The molecule has 1 saturated heterocycles. The van der Waals surface area contributed by atoms with Crippen molar-refractivity contribution in [1.82, 2.24) is 9.88 Å². The summed E-state index contributed by atoms with van der Waals surface area (Å²) < 4.78 is 0. The molecule has 23 heavy (non-hydrogen) atoms. The summed E-state index contributed by atoms with van der Waals surface area (Å²) in [7, 11) is 0. The predicted molar refractivity (Wildman–Crippen MR) is 90.7 cm³/mol. The minimum Gasteiger partial charge on any atom is -0.393 e. The van der Waals surface area contributed by atoms with Crippen LogP contribution in [0.25, 0.3) is 0 Å². The molecule has 4 nitrogen and oxygen atoms in total. The number of hydrogen-bond acceptors (Lipinski definition) is 4. The molecule has 0 bridgehead atoms. The van der Waals surface area contributed by atoms with Crippen molar-refractivity contribution in [3.8, 4) is 11.8 Å². The minimum atomic E-state index is -0.294. The van der Waals surface area contributed by atoms with Crippen molar-refractivity contribution in [1.29, 1.82) is 0 Å². The van der Waals surface area contributed by atoms with Gasteiger partial charge in [0.05, 0.1) is 17.3 Å². The Morgan fingerprint density at radius 1 is 1.30 bits per heavy atom. The summed E-state index contributed by atoms with van der Waals surface area (Å²) >= 11 is 7.34. The number of amides is 1. The summed E-state index contributed by atoms with van der Waals surface area (Å²) in [6.45, 7) is 1.16. The lowest BCUT2D eigenvalue weighted by molar-refractivity contribution is 0.0550. The Morgan fingerprint density at radius 3 is 2.78 bits per heavy atom. The monoisotopic (exact) mass is 346 g/mol. The van der Waals surface area contributed by atoms with Gasteiger partial charge in [0.25, 0.3) is 5.91 Å². The SMILES string of the molecule is O=C(c1cnc(C#Cc2ccccc2Cl)s1)N1CCC(O)CC1. The van der Waals surface area contributed by atoms with E-state index in [-0.39, 0.29) is 12.0 Å². The number of thiazole rings is 1. The molecule has 0 spiro atoms. The van der Waals surface area contributed by atoms with Crippen molar-refractivity contribution in [2.75, 3.05) is 13.1 Å². The molecule has 1 aromatic heterocycles. The molecule has 0 saturated carbocycles. The van der Waals surface area contributed by atoms with E-state index in [0.717, 1.165) is 5.56 Å². The highest BCUT2D eigenvalue weighted by Gasteiger charge is 2.23. The van der Waals surface area contributed by atoms with E-state index in [2.05, 4.69) is 16.8 Å². The Balaban J connectivity index is 1.71. The molecular formula is C17H15ClN2O2S. The Labute approximate surface area is 143 Å². The van der Waals surface area contributed by atoms with Crippen molar-refractivity contribution < 1.29 is 9.90 Å². The van der Waals surface area contributed by atoms with E-state index in [1.807, 2.05) is 18.2 Å². The third-order valence-electron chi connectivity index (χ3n) is 3.65. The van der Waals surface area contributed by atoms with Crippen molar-refractivity contribution in [2.24, 2.45) is 0 Å². The van der Waals surface area contributed by atoms with Crippen LogP contribution in [0.1, 0.15) is 33.1 Å². The quantitative estimate of drug-likeness (QED) is 0.808. The summed E-state index contributed by atoms with van der Waals surface area (Å²) in [5, 5.41) is 10.7. The molecule has 1 aliphatic rings. The number of aliphatic hydroxyl groups is 1. The molecule has 118 valence electrons. The fraction of sp³-hybridized carbons (Fsp3) is 0.294. The van der Waals surface area contributed by atoms with Crippen LogP contribution < -0.4 is 0 Å². The first-order valence-electron chi connectivity index (χ1n) is 7.33. The highest BCUT2D eigenvalue weighted by atomic mass is 35.5. The highest BCUT2D eigenvalue weighted by molar-refractivity contribution is 7.14. The van der Waals surface area contributed by atoms with Crippen LogP contribution in [0.15, 0.2) is 30.5 Å². The Bertz CT molecular complexity index is 770. The predicted octanol–water partition coefficient (Wildman–Crippen LogP) is 2.79. The summed E-state index contributed by atoms with van der Waals surface area (Å²) in [6, 6.07) is 7.35. The minimum absolute atomic E-state index is 0.0415. The van der Waals surface area contributed by atoms with E-state index in [0.29, 0.717) is 40.8 Å². The number of rotatable bonds is 1. The van der Waals surface area contributed by atoms with Crippen LogP contribution in [-0.4, -0.2) is 40.1 Å². The second-order valence-electron chi connectivity index (χ2n) is 5.28. The lowest BCUT2D eigenvalue weighted by atomic mass is 10.1. The molecule has 0 unspecified atom stereocenters. The summed E-state index contributed by atoms with van der Waals surface area (Å²) in [6.07, 6.45) is 2.53. The zero-order valence-electron chi connectivity index (χ0n) is 12.3. The number of piperidine rings is 1. The summed E-state index contributed by atoms with van der Waals surface area (Å²) in [4.78, 5) is 18.9. The summed E-state index contributed by atoms with van der Waals surface area (Å²) in [5.41, 5.74) is 0.738. The van der Waals surface area contributed by atoms with Gasteiger partial charge in [-0.05, 0) is 30.9 Å². The first-order valence-corrected chi connectivity index (χ1v) is 8.52. The normalized spacial score (nSPS) is 15.1.